The Labute approximate surface area is 105 Å². The molecule has 0 radical (unpaired) electrons. The SMILES string of the molecule is CCCCP(=O)(OCCC)c1ccc(C)cc1. The van der Waals surface area contributed by atoms with E-state index in [2.05, 4.69) is 6.92 Å². The number of hydrogen-bond acceptors (Lipinski definition) is 2. The van der Waals surface area contributed by atoms with E-state index in [1.54, 1.807) is 0 Å². The molecular formula is C14H23O2P. The molecule has 1 rings (SSSR count). The molecule has 3 heteroatoms. The van der Waals surface area contributed by atoms with Crippen molar-refractivity contribution in [2.24, 2.45) is 0 Å². The van der Waals surface area contributed by atoms with Crippen molar-refractivity contribution in [3.05, 3.63) is 29.8 Å². The molecule has 0 spiro atoms. The zero-order valence-corrected chi connectivity index (χ0v) is 12.0. The van der Waals surface area contributed by atoms with E-state index in [0.717, 1.165) is 24.6 Å². The Bertz CT molecular complexity index is 358. The van der Waals surface area contributed by atoms with E-state index >= 15 is 0 Å². The molecule has 17 heavy (non-hydrogen) atoms. The van der Waals surface area contributed by atoms with E-state index in [9.17, 15) is 4.57 Å². The monoisotopic (exact) mass is 254 g/mol. The lowest BCUT2D eigenvalue weighted by atomic mass is 10.2. The predicted molar refractivity (Wildman–Crippen MR) is 74.4 cm³/mol. The van der Waals surface area contributed by atoms with Crippen molar-refractivity contribution in [3.63, 3.8) is 0 Å². The highest BCUT2D eigenvalue weighted by Crippen LogP contribution is 2.46. The first-order valence-corrected chi connectivity index (χ1v) is 8.24. The van der Waals surface area contributed by atoms with Gasteiger partial charge in [0.2, 0.25) is 7.37 Å². The minimum absolute atomic E-state index is 0.578. The van der Waals surface area contributed by atoms with Gasteiger partial charge in [0.05, 0.1) is 6.61 Å². The molecule has 0 saturated carbocycles. The smallest absolute Gasteiger partial charge is 0.232 e. The lowest BCUT2D eigenvalue weighted by Gasteiger charge is -2.18. The molecule has 0 aromatic heterocycles. The molecule has 0 amide bonds. The first-order chi connectivity index (χ1) is 8.12. The maximum absolute atomic E-state index is 12.8. The molecule has 0 aliphatic rings. The number of aryl methyl sites for hydroxylation is 1. The summed E-state index contributed by atoms with van der Waals surface area (Å²) < 4.78 is 18.5. The number of benzene rings is 1. The summed E-state index contributed by atoms with van der Waals surface area (Å²) in [5, 5.41) is 0.866. The molecule has 1 aromatic rings. The van der Waals surface area contributed by atoms with Crippen molar-refractivity contribution >= 4 is 12.7 Å². The quantitative estimate of drug-likeness (QED) is 0.684. The fraction of sp³-hybridized carbons (Fsp3) is 0.571. The van der Waals surface area contributed by atoms with Crippen LogP contribution in [-0.4, -0.2) is 12.8 Å². The summed E-state index contributed by atoms with van der Waals surface area (Å²) in [6.07, 6.45) is 3.56. The zero-order valence-electron chi connectivity index (χ0n) is 11.1. The number of unbranched alkanes of at least 4 members (excludes halogenated alkanes) is 1. The van der Waals surface area contributed by atoms with Crippen molar-refractivity contribution in [3.8, 4) is 0 Å². The van der Waals surface area contributed by atoms with Gasteiger partial charge in [-0.25, -0.2) is 0 Å². The topological polar surface area (TPSA) is 26.3 Å². The summed E-state index contributed by atoms with van der Waals surface area (Å²) in [5.74, 6) is 0. The molecule has 0 N–H and O–H groups in total. The minimum atomic E-state index is -2.62. The summed E-state index contributed by atoms with van der Waals surface area (Å²) in [7, 11) is -2.62. The van der Waals surface area contributed by atoms with Crippen molar-refractivity contribution < 1.29 is 9.09 Å². The van der Waals surface area contributed by atoms with Crippen LogP contribution in [0.2, 0.25) is 0 Å². The third-order valence-electron chi connectivity index (χ3n) is 2.74. The van der Waals surface area contributed by atoms with Crippen LogP contribution in [0.25, 0.3) is 0 Å². The minimum Gasteiger partial charge on any atom is -0.325 e. The molecule has 0 fully saturated rings. The van der Waals surface area contributed by atoms with Crippen LogP contribution >= 0.6 is 7.37 Å². The summed E-state index contributed by atoms with van der Waals surface area (Å²) in [6.45, 7) is 6.77. The van der Waals surface area contributed by atoms with Crippen LogP contribution < -0.4 is 5.30 Å². The van der Waals surface area contributed by atoms with Gasteiger partial charge in [-0.1, -0.05) is 38.0 Å². The molecule has 2 nitrogen and oxygen atoms in total. The van der Waals surface area contributed by atoms with Gasteiger partial charge in [0.1, 0.15) is 0 Å². The van der Waals surface area contributed by atoms with E-state index in [1.807, 2.05) is 38.1 Å². The van der Waals surface area contributed by atoms with Gasteiger partial charge < -0.3 is 4.52 Å². The Kier molecular flexibility index (Phi) is 5.94. The van der Waals surface area contributed by atoms with Gasteiger partial charge >= 0.3 is 0 Å². The van der Waals surface area contributed by atoms with E-state index in [-0.39, 0.29) is 0 Å². The molecule has 0 bridgehead atoms. The van der Waals surface area contributed by atoms with Crippen LogP contribution in [-0.2, 0) is 9.09 Å². The Morgan fingerprint density at radius 2 is 1.76 bits per heavy atom. The van der Waals surface area contributed by atoms with E-state index < -0.39 is 7.37 Å². The third kappa shape index (κ3) is 4.29. The lowest BCUT2D eigenvalue weighted by Crippen LogP contribution is -2.11. The third-order valence-corrected chi connectivity index (χ3v) is 5.33. The molecule has 1 atom stereocenters. The fourth-order valence-electron chi connectivity index (χ4n) is 1.65. The summed E-state index contributed by atoms with van der Waals surface area (Å²) in [6, 6.07) is 7.90. The first kappa shape index (κ1) is 14.5. The van der Waals surface area contributed by atoms with Gasteiger partial charge in [0.15, 0.2) is 0 Å². The second-order valence-electron chi connectivity index (χ2n) is 4.42. The maximum atomic E-state index is 12.8. The Balaban J connectivity index is 2.88. The molecule has 96 valence electrons. The molecule has 0 aliphatic heterocycles. The first-order valence-electron chi connectivity index (χ1n) is 6.43. The highest BCUT2D eigenvalue weighted by Gasteiger charge is 2.24. The van der Waals surface area contributed by atoms with E-state index in [4.69, 9.17) is 4.52 Å². The Morgan fingerprint density at radius 3 is 2.29 bits per heavy atom. The van der Waals surface area contributed by atoms with Crippen LogP contribution in [0.1, 0.15) is 38.7 Å². The normalized spacial score (nSPS) is 14.5. The largest absolute Gasteiger partial charge is 0.325 e. The van der Waals surface area contributed by atoms with Crippen LogP contribution in [0.15, 0.2) is 24.3 Å². The van der Waals surface area contributed by atoms with Crippen LogP contribution in [0.4, 0.5) is 0 Å². The number of hydrogen-bond donors (Lipinski definition) is 0. The zero-order chi connectivity index (χ0) is 12.7. The van der Waals surface area contributed by atoms with Gasteiger partial charge in [0.25, 0.3) is 0 Å². The average Bonchev–Trinajstić information content (AvgIpc) is 2.34. The molecule has 0 heterocycles. The van der Waals surface area contributed by atoms with Gasteiger partial charge in [-0.3, -0.25) is 4.57 Å². The van der Waals surface area contributed by atoms with Crippen molar-refractivity contribution in [1.29, 1.82) is 0 Å². The van der Waals surface area contributed by atoms with Crippen LogP contribution in [0, 0.1) is 6.92 Å². The molecule has 1 unspecified atom stereocenters. The van der Waals surface area contributed by atoms with Crippen molar-refractivity contribution in [2.75, 3.05) is 12.8 Å². The average molecular weight is 254 g/mol. The summed E-state index contributed by atoms with van der Waals surface area (Å²) in [4.78, 5) is 0. The Morgan fingerprint density at radius 1 is 1.12 bits per heavy atom. The predicted octanol–water partition coefficient (Wildman–Crippen LogP) is 4.13. The highest BCUT2D eigenvalue weighted by atomic mass is 31.2. The second-order valence-corrected chi connectivity index (χ2v) is 6.99. The second kappa shape index (κ2) is 6.98. The molecule has 0 saturated heterocycles. The standard InChI is InChI=1S/C14H23O2P/c1-4-6-12-17(15,16-11-5-2)14-9-7-13(3)8-10-14/h7-10H,4-6,11-12H2,1-3H3. The van der Waals surface area contributed by atoms with Gasteiger partial charge in [-0.05, 0) is 31.9 Å². The van der Waals surface area contributed by atoms with Gasteiger partial charge in [0, 0.05) is 11.5 Å². The summed E-state index contributed by atoms with van der Waals surface area (Å²) in [5.41, 5.74) is 1.19. The van der Waals surface area contributed by atoms with Gasteiger partial charge in [-0.2, -0.15) is 0 Å². The molecule has 0 aliphatic carbocycles. The van der Waals surface area contributed by atoms with Crippen molar-refractivity contribution in [2.45, 2.75) is 40.0 Å². The van der Waals surface area contributed by atoms with E-state index in [1.165, 1.54) is 5.56 Å². The highest BCUT2D eigenvalue weighted by molar-refractivity contribution is 7.67. The lowest BCUT2D eigenvalue weighted by molar-refractivity contribution is 0.319. The van der Waals surface area contributed by atoms with Crippen LogP contribution in [0.3, 0.4) is 0 Å². The van der Waals surface area contributed by atoms with Crippen molar-refractivity contribution in [1.82, 2.24) is 0 Å². The number of rotatable bonds is 7. The van der Waals surface area contributed by atoms with E-state index in [0.29, 0.717) is 12.8 Å². The Hall–Kier alpha value is -0.590. The van der Waals surface area contributed by atoms with Gasteiger partial charge in [-0.15, -0.1) is 0 Å². The van der Waals surface area contributed by atoms with Crippen LogP contribution in [0.5, 0.6) is 0 Å². The maximum Gasteiger partial charge on any atom is 0.232 e. The molecule has 1 aromatic carbocycles. The fourth-order valence-corrected chi connectivity index (χ4v) is 3.99. The summed E-state index contributed by atoms with van der Waals surface area (Å²) >= 11 is 0. The molecular weight excluding hydrogens is 231 g/mol.